The summed E-state index contributed by atoms with van der Waals surface area (Å²) in [5.74, 6) is -1.84. The van der Waals surface area contributed by atoms with Crippen LogP contribution in [-0.4, -0.2) is 41.2 Å². The van der Waals surface area contributed by atoms with Gasteiger partial charge in [-0.3, -0.25) is 9.59 Å². The molecule has 2 aliphatic rings. The summed E-state index contributed by atoms with van der Waals surface area (Å²) in [5.41, 5.74) is 0.682. The molecule has 4 N–H and O–H groups in total. The molecular formula is C28H34Cl2FN3O3. The Balaban J connectivity index is 1.83. The fourth-order valence-electron chi connectivity index (χ4n) is 5.94. The molecule has 9 heteroatoms. The van der Waals surface area contributed by atoms with Crippen LogP contribution in [0.3, 0.4) is 0 Å². The van der Waals surface area contributed by atoms with Gasteiger partial charge in [0.05, 0.1) is 16.7 Å². The van der Waals surface area contributed by atoms with Crippen LogP contribution in [0.15, 0.2) is 36.4 Å². The number of anilines is 1. The van der Waals surface area contributed by atoms with E-state index >= 15 is 4.39 Å². The molecule has 1 saturated carbocycles. The third kappa shape index (κ3) is 6.11. The van der Waals surface area contributed by atoms with E-state index in [-0.39, 0.29) is 34.3 Å². The molecule has 2 fully saturated rings. The molecule has 0 radical (unpaired) electrons. The first-order valence-electron chi connectivity index (χ1n) is 12.5. The Morgan fingerprint density at radius 1 is 1.19 bits per heavy atom. The maximum Gasteiger partial charge on any atom is 0.238 e. The Kier molecular flexibility index (Phi) is 7.92. The van der Waals surface area contributed by atoms with Crippen LogP contribution in [0.1, 0.15) is 69.9 Å². The van der Waals surface area contributed by atoms with E-state index in [1.54, 1.807) is 31.2 Å². The highest BCUT2D eigenvalue weighted by Gasteiger charge is 2.51. The monoisotopic (exact) mass is 549 g/mol. The van der Waals surface area contributed by atoms with Crippen molar-refractivity contribution in [3.05, 3.63) is 63.4 Å². The predicted molar refractivity (Wildman–Crippen MR) is 145 cm³/mol. The topological polar surface area (TPSA) is 90.5 Å². The van der Waals surface area contributed by atoms with Crippen molar-refractivity contribution in [2.24, 2.45) is 5.41 Å². The minimum Gasteiger partial charge on any atom is -0.390 e. The zero-order chi connectivity index (χ0) is 27.1. The summed E-state index contributed by atoms with van der Waals surface area (Å²) < 4.78 is 15.6. The van der Waals surface area contributed by atoms with Crippen LogP contribution in [-0.2, 0) is 9.59 Å². The summed E-state index contributed by atoms with van der Waals surface area (Å²) in [6.45, 7) is 8.07. The van der Waals surface area contributed by atoms with Gasteiger partial charge in [0.25, 0.3) is 0 Å². The highest BCUT2D eigenvalue weighted by atomic mass is 35.5. The molecule has 6 nitrogen and oxygen atoms in total. The molecule has 0 spiro atoms. The predicted octanol–water partition coefficient (Wildman–Crippen LogP) is 5.37. The van der Waals surface area contributed by atoms with Crippen LogP contribution in [0.4, 0.5) is 10.1 Å². The van der Waals surface area contributed by atoms with Gasteiger partial charge in [0.2, 0.25) is 12.3 Å². The quantitative estimate of drug-likeness (QED) is 0.349. The minimum atomic E-state index is -0.796. The number of halogens is 3. The van der Waals surface area contributed by atoms with Gasteiger partial charge in [-0.25, -0.2) is 4.39 Å². The second-order valence-electron chi connectivity index (χ2n) is 11.8. The summed E-state index contributed by atoms with van der Waals surface area (Å²) >= 11 is 12.5. The van der Waals surface area contributed by atoms with Crippen molar-refractivity contribution in [3.63, 3.8) is 0 Å². The van der Waals surface area contributed by atoms with Crippen molar-refractivity contribution in [1.29, 1.82) is 0 Å². The standard InChI is InChI=1S/C28H34Cl2FN3O3/c1-27(2,3)13-21-22(17-9-8-15(29)10-20(17)32-14-35)23(18-6-5-7-19(30)24(18)31)25(34-21)26(36)33-16-11-28(4,37)12-16/h5-10,14,16,21-23,25,34,37H,11-13H2,1-4H3,(H,32,35)(H,33,36). The Morgan fingerprint density at radius 2 is 1.89 bits per heavy atom. The average molecular weight is 551 g/mol. The van der Waals surface area contributed by atoms with Gasteiger partial charge in [0.15, 0.2) is 0 Å². The normalized spacial score (nSPS) is 29.5. The van der Waals surface area contributed by atoms with E-state index in [4.69, 9.17) is 23.2 Å². The molecule has 1 aliphatic heterocycles. The summed E-state index contributed by atoms with van der Waals surface area (Å²) in [6.07, 6.45) is 2.18. The molecule has 1 saturated heterocycles. The number of benzene rings is 2. The van der Waals surface area contributed by atoms with Crippen LogP contribution in [0.5, 0.6) is 0 Å². The number of hydrogen-bond acceptors (Lipinski definition) is 4. The third-order valence-corrected chi connectivity index (χ3v) is 7.86. The molecular weight excluding hydrogens is 516 g/mol. The first kappa shape index (κ1) is 27.8. The molecule has 37 heavy (non-hydrogen) atoms. The van der Waals surface area contributed by atoms with Crippen molar-refractivity contribution in [3.8, 4) is 0 Å². The molecule has 2 aromatic carbocycles. The smallest absolute Gasteiger partial charge is 0.238 e. The van der Waals surface area contributed by atoms with E-state index in [1.165, 1.54) is 6.07 Å². The lowest BCUT2D eigenvalue weighted by Gasteiger charge is -2.41. The van der Waals surface area contributed by atoms with Gasteiger partial charge in [-0.05, 0) is 60.9 Å². The average Bonchev–Trinajstić information content (AvgIpc) is 3.12. The van der Waals surface area contributed by atoms with E-state index in [0.717, 1.165) is 5.56 Å². The fraction of sp³-hybridized carbons (Fsp3) is 0.500. The second kappa shape index (κ2) is 10.5. The molecule has 4 unspecified atom stereocenters. The molecule has 2 aromatic rings. The Bertz CT molecular complexity index is 1180. The number of carbonyl (C=O) groups excluding carboxylic acids is 2. The van der Waals surface area contributed by atoms with Crippen molar-refractivity contribution in [1.82, 2.24) is 10.6 Å². The van der Waals surface area contributed by atoms with Crippen LogP contribution >= 0.6 is 23.2 Å². The van der Waals surface area contributed by atoms with Crippen molar-refractivity contribution in [2.45, 2.75) is 82.5 Å². The Morgan fingerprint density at radius 3 is 2.51 bits per heavy atom. The van der Waals surface area contributed by atoms with Crippen LogP contribution in [0.25, 0.3) is 0 Å². The lowest BCUT2D eigenvalue weighted by atomic mass is 9.73. The summed E-state index contributed by atoms with van der Waals surface area (Å²) in [4.78, 5) is 25.2. The number of hydrogen-bond donors (Lipinski definition) is 4. The van der Waals surface area contributed by atoms with Gasteiger partial charge in [0.1, 0.15) is 5.82 Å². The van der Waals surface area contributed by atoms with Crippen LogP contribution in [0, 0.1) is 11.2 Å². The van der Waals surface area contributed by atoms with E-state index in [1.807, 2.05) is 6.07 Å². The zero-order valence-electron chi connectivity index (χ0n) is 21.4. The molecule has 0 aromatic heterocycles. The van der Waals surface area contributed by atoms with Gasteiger partial charge in [0, 0.05) is 34.6 Å². The molecule has 200 valence electrons. The van der Waals surface area contributed by atoms with Crippen LogP contribution < -0.4 is 16.0 Å². The summed E-state index contributed by atoms with van der Waals surface area (Å²) in [5, 5.41) is 19.9. The zero-order valence-corrected chi connectivity index (χ0v) is 23.0. The number of carbonyl (C=O) groups is 2. The van der Waals surface area contributed by atoms with E-state index in [9.17, 15) is 14.7 Å². The largest absolute Gasteiger partial charge is 0.390 e. The molecule has 2 amide bonds. The van der Waals surface area contributed by atoms with Gasteiger partial charge in [-0.2, -0.15) is 0 Å². The molecule has 4 atom stereocenters. The minimum absolute atomic E-state index is 0.0212. The van der Waals surface area contributed by atoms with E-state index < -0.39 is 23.4 Å². The van der Waals surface area contributed by atoms with E-state index in [2.05, 4.69) is 36.7 Å². The fourth-order valence-corrected chi connectivity index (χ4v) is 6.30. The lowest BCUT2D eigenvalue weighted by molar-refractivity contribution is -0.127. The van der Waals surface area contributed by atoms with Gasteiger partial charge in [-0.1, -0.05) is 62.2 Å². The van der Waals surface area contributed by atoms with Crippen molar-refractivity contribution in [2.75, 3.05) is 5.32 Å². The van der Waals surface area contributed by atoms with Crippen molar-refractivity contribution >= 4 is 41.2 Å². The van der Waals surface area contributed by atoms with Gasteiger partial charge in [-0.15, -0.1) is 0 Å². The second-order valence-corrected chi connectivity index (χ2v) is 12.7. The number of aliphatic hydroxyl groups is 1. The number of amides is 2. The highest BCUT2D eigenvalue weighted by molar-refractivity contribution is 6.31. The third-order valence-electron chi connectivity index (χ3n) is 7.34. The Labute approximate surface area is 227 Å². The summed E-state index contributed by atoms with van der Waals surface area (Å²) in [6, 6.07) is 8.90. The molecule has 1 aliphatic carbocycles. The summed E-state index contributed by atoms with van der Waals surface area (Å²) in [7, 11) is 0. The van der Waals surface area contributed by atoms with Gasteiger partial charge < -0.3 is 21.1 Å². The first-order valence-corrected chi connectivity index (χ1v) is 13.3. The molecule has 1 heterocycles. The van der Waals surface area contributed by atoms with Crippen molar-refractivity contribution < 1.29 is 19.1 Å². The maximum atomic E-state index is 15.6. The first-order chi connectivity index (χ1) is 17.3. The Hall–Kier alpha value is -2.19. The molecule has 0 bridgehead atoms. The highest BCUT2D eigenvalue weighted by Crippen LogP contribution is 2.49. The number of rotatable bonds is 7. The number of nitrogens with one attached hydrogen (secondary N) is 3. The van der Waals surface area contributed by atoms with Gasteiger partial charge >= 0.3 is 0 Å². The SMILES string of the molecule is CC(C)(C)CC1NC(C(=O)NC2CC(C)(O)C2)C(c2cccc(Cl)c2F)C1c1ccc(Cl)cc1NC=O. The molecule has 4 rings (SSSR count). The maximum absolute atomic E-state index is 15.6. The van der Waals surface area contributed by atoms with E-state index in [0.29, 0.717) is 41.9 Å². The lowest BCUT2D eigenvalue weighted by Crippen LogP contribution is -2.57. The van der Waals surface area contributed by atoms with Crippen LogP contribution in [0.2, 0.25) is 10.0 Å².